The van der Waals surface area contributed by atoms with Crippen LogP contribution < -0.4 is 19.9 Å². The van der Waals surface area contributed by atoms with E-state index in [1.165, 1.54) is 7.11 Å². The summed E-state index contributed by atoms with van der Waals surface area (Å²) in [6, 6.07) is 17.0. The first kappa shape index (κ1) is 23.0. The van der Waals surface area contributed by atoms with Crippen LogP contribution in [0.3, 0.4) is 0 Å². The van der Waals surface area contributed by atoms with Gasteiger partial charge in [0, 0.05) is 28.1 Å². The van der Waals surface area contributed by atoms with Crippen molar-refractivity contribution < 1.29 is 28.5 Å². The number of ether oxygens (including phenoxy) is 3. The van der Waals surface area contributed by atoms with Gasteiger partial charge < -0.3 is 29.5 Å². The number of carboxylic acid groups (broad SMARTS) is 1. The number of aromatic nitrogens is 1. The van der Waals surface area contributed by atoms with Gasteiger partial charge in [-0.05, 0) is 46.8 Å². The molecule has 0 amide bonds. The van der Waals surface area contributed by atoms with E-state index in [-0.39, 0.29) is 13.0 Å². The van der Waals surface area contributed by atoms with Crippen LogP contribution >= 0.6 is 0 Å². The maximum absolute atomic E-state index is 11.3. The first-order valence-electron chi connectivity index (χ1n) is 11.2. The number of nitrogens with zero attached hydrogens (tertiary/aromatic N) is 1. The molecule has 0 radical (unpaired) electrons. The monoisotopic (exact) mass is 484 g/mol. The molecule has 3 N–H and O–H groups in total. The van der Waals surface area contributed by atoms with Gasteiger partial charge in [0.25, 0.3) is 0 Å². The van der Waals surface area contributed by atoms with Crippen molar-refractivity contribution in [3.05, 3.63) is 78.2 Å². The smallest absolute Gasteiger partial charge is 0.307 e. The Bertz CT molecular complexity index is 1590. The lowest BCUT2D eigenvalue weighted by atomic mass is 9.99. The number of nitrogen functional groups attached to an aromatic ring is 1. The highest BCUT2D eigenvalue weighted by molar-refractivity contribution is 5.96. The molecule has 0 aliphatic carbocycles. The number of nitrogens with two attached hydrogens (primary N) is 1. The molecular formula is C28H24N2O6. The topological polar surface area (TPSA) is 117 Å². The zero-order chi connectivity index (χ0) is 25.2. The summed E-state index contributed by atoms with van der Waals surface area (Å²) >= 11 is 0. The highest BCUT2D eigenvalue weighted by Gasteiger charge is 2.18. The van der Waals surface area contributed by atoms with Crippen LogP contribution in [0.1, 0.15) is 11.1 Å². The van der Waals surface area contributed by atoms with Crippen LogP contribution in [-0.2, 0) is 17.8 Å². The molecule has 0 aliphatic heterocycles. The number of anilines is 1. The number of para-hydroxylation sites is 1. The lowest BCUT2D eigenvalue weighted by molar-refractivity contribution is -0.136. The molecular weight excluding hydrogens is 460 g/mol. The minimum absolute atomic E-state index is 0.140. The molecule has 0 spiro atoms. The van der Waals surface area contributed by atoms with Crippen LogP contribution in [0.25, 0.3) is 32.9 Å². The lowest BCUT2D eigenvalue weighted by Crippen LogP contribution is -2.05. The molecule has 2 aromatic heterocycles. The third-order valence-corrected chi connectivity index (χ3v) is 6.06. The second-order valence-electron chi connectivity index (χ2n) is 8.26. The molecule has 5 rings (SSSR count). The minimum Gasteiger partial charge on any atom is -0.493 e. The minimum atomic E-state index is -0.956. The van der Waals surface area contributed by atoms with E-state index in [1.54, 1.807) is 37.8 Å². The third kappa shape index (κ3) is 4.24. The molecule has 36 heavy (non-hydrogen) atoms. The fourth-order valence-electron chi connectivity index (χ4n) is 4.29. The van der Waals surface area contributed by atoms with Crippen LogP contribution in [0.4, 0.5) is 5.82 Å². The molecule has 0 fully saturated rings. The quantitative estimate of drug-likeness (QED) is 0.298. The molecule has 0 saturated heterocycles. The summed E-state index contributed by atoms with van der Waals surface area (Å²) in [5.74, 6) is 0.938. The van der Waals surface area contributed by atoms with Gasteiger partial charge in [-0.15, -0.1) is 0 Å². The molecule has 8 nitrogen and oxygen atoms in total. The van der Waals surface area contributed by atoms with Crippen molar-refractivity contribution in [2.24, 2.45) is 0 Å². The number of pyridine rings is 1. The second-order valence-corrected chi connectivity index (χ2v) is 8.26. The molecule has 0 bridgehead atoms. The summed E-state index contributed by atoms with van der Waals surface area (Å²) in [4.78, 5) is 15.5. The predicted octanol–water partition coefficient (Wildman–Crippen LogP) is 5.45. The van der Waals surface area contributed by atoms with E-state index in [0.29, 0.717) is 34.2 Å². The number of hydrogen-bond donors (Lipinski definition) is 2. The molecule has 2 heterocycles. The van der Waals surface area contributed by atoms with E-state index < -0.39 is 5.97 Å². The lowest BCUT2D eigenvalue weighted by Gasteiger charge is -2.14. The number of rotatable bonds is 8. The first-order chi connectivity index (χ1) is 17.5. The summed E-state index contributed by atoms with van der Waals surface area (Å²) in [7, 11) is 3.11. The Morgan fingerprint density at radius 2 is 1.78 bits per heavy atom. The SMILES string of the molecule is COc1cccc(CC(=O)O)c1OCc1coc2c(OC)cc(-c3ccc4ccnc(N)c4c3)cc12. The molecule has 0 atom stereocenters. The molecule has 0 unspecified atom stereocenters. The maximum Gasteiger partial charge on any atom is 0.307 e. The molecule has 5 aromatic rings. The Hall–Kier alpha value is -4.72. The molecule has 0 aliphatic rings. The van der Waals surface area contributed by atoms with Crippen molar-refractivity contribution >= 4 is 33.5 Å². The fourth-order valence-corrected chi connectivity index (χ4v) is 4.29. The molecule has 182 valence electrons. The molecule has 3 aromatic carbocycles. The third-order valence-electron chi connectivity index (χ3n) is 6.06. The van der Waals surface area contributed by atoms with Crippen LogP contribution in [0, 0.1) is 0 Å². The fraction of sp³-hybridized carbons (Fsp3) is 0.143. The highest BCUT2D eigenvalue weighted by atomic mass is 16.5. The largest absolute Gasteiger partial charge is 0.493 e. The van der Waals surface area contributed by atoms with Crippen molar-refractivity contribution in [3.8, 4) is 28.4 Å². The number of benzene rings is 3. The Morgan fingerprint density at radius 1 is 0.972 bits per heavy atom. The van der Waals surface area contributed by atoms with Crippen molar-refractivity contribution in [2.75, 3.05) is 20.0 Å². The van der Waals surface area contributed by atoms with Crippen molar-refractivity contribution in [1.82, 2.24) is 4.98 Å². The zero-order valence-corrected chi connectivity index (χ0v) is 19.8. The Balaban J connectivity index is 1.55. The van der Waals surface area contributed by atoms with Gasteiger partial charge in [0.2, 0.25) is 0 Å². The Kier molecular flexibility index (Phi) is 6.08. The van der Waals surface area contributed by atoms with Gasteiger partial charge in [-0.1, -0.05) is 24.3 Å². The van der Waals surface area contributed by atoms with E-state index in [9.17, 15) is 9.90 Å². The van der Waals surface area contributed by atoms with Crippen molar-refractivity contribution in [2.45, 2.75) is 13.0 Å². The van der Waals surface area contributed by atoms with Gasteiger partial charge >= 0.3 is 5.97 Å². The average Bonchev–Trinajstić information content (AvgIpc) is 3.30. The summed E-state index contributed by atoms with van der Waals surface area (Å²) in [5.41, 5.74) is 9.86. The van der Waals surface area contributed by atoms with E-state index in [0.717, 1.165) is 32.8 Å². The number of hydrogen-bond acceptors (Lipinski definition) is 7. The van der Waals surface area contributed by atoms with Crippen LogP contribution in [0.15, 0.2) is 71.5 Å². The predicted molar refractivity (Wildman–Crippen MR) is 137 cm³/mol. The summed E-state index contributed by atoms with van der Waals surface area (Å²) in [5, 5.41) is 12.0. The number of carbonyl (C=O) groups is 1. The number of methoxy groups -OCH3 is 2. The van der Waals surface area contributed by atoms with Gasteiger partial charge in [-0.2, -0.15) is 0 Å². The molecule has 0 saturated carbocycles. The van der Waals surface area contributed by atoms with Gasteiger partial charge in [-0.25, -0.2) is 4.98 Å². The summed E-state index contributed by atoms with van der Waals surface area (Å²) in [6.07, 6.45) is 3.12. The number of furan rings is 1. The van der Waals surface area contributed by atoms with E-state index >= 15 is 0 Å². The summed E-state index contributed by atoms with van der Waals surface area (Å²) < 4.78 is 22.9. The van der Waals surface area contributed by atoms with Crippen LogP contribution in [-0.4, -0.2) is 30.3 Å². The first-order valence-corrected chi connectivity index (χ1v) is 11.2. The second kappa shape index (κ2) is 9.50. The van der Waals surface area contributed by atoms with Crippen molar-refractivity contribution in [1.29, 1.82) is 0 Å². The van der Waals surface area contributed by atoms with Gasteiger partial charge in [0.15, 0.2) is 22.8 Å². The van der Waals surface area contributed by atoms with Gasteiger partial charge in [0.1, 0.15) is 12.4 Å². The van der Waals surface area contributed by atoms with Crippen LogP contribution in [0.2, 0.25) is 0 Å². The average molecular weight is 485 g/mol. The summed E-state index contributed by atoms with van der Waals surface area (Å²) in [6.45, 7) is 0.140. The van der Waals surface area contributed by atoms with E-state index in [1.807, 2.05) is 36.4 Å². The highest BCUT2D eigenvalue weighted by Crippen LogP contribution is 2.38. The van der Waals surface area contributed by atoms with Gasteiger partial charge in [-0.3, -0.25) is 4.79 Å². The Morgan fingerprint density at radius 3 is 2.56 bits per heavy atom. The zero-order valence-electron chi connectivity index (χ0n) is 19.8. The van der Waals surface area contributed by atoms with E-state index in [4.69, 9.17) is 24.4 Å². The number of fused-ring (bicyclic) bond motifs is 2. The normalized spacial score (nSPS) is 11.1. The van der Waals surface area contributed by atoms with E-state index in [2.05, 4.69) is 4.98 Å². The standard InChI is InChI=1S/C28H24N2O6/c1-33-23-5-3-4-18(13-25(31)32)26(23)35-14-20-15-36-27-21(20)11-19(12-24(27)34-2)17-7-6-16-8-9-30-28(29)22(16)10-17/h3-12,15H,13-14H2,1-2H3,(H2,29,30)(H,31,32). The van der Waals surface area contributed by atoms with Crippen LogP contribution in [0.5, 0.6) is 17.2 Å². The number of carboxylic acids is 1. The van der Waals surface area contributed by atoms with Crippen molar-refractivity contribution in [3.63, 3.8) is 0 Å². The maximum atomic E-state index is 11.3. The van der Waals surface area contributed by atoms with Gasteiger partial charge in [0.05, 0.1) is 26.9 Å². The Labute approximate surface area is 206 Å². The molecule has 8 heteroatoms. The number of aliphatic carboxylic acids is 1.